The minimum Gasteiger partial charge on any atom is -0.493 e. The van der Waals surface area contributed by atoms with Crippen LogP contribution in [-0.4, -0.2) is 33.8 Å². The molecule has 9 heteroatoms. The van der Waals surface area contributed by atoms with Gasteiger partial charge in [0.05, 0.1) is 35.9 Å². The molecule has 0 fully saturated rings. The molecule has 184 valence electrons. The fourth-order valence-corrected chi connectivity index (χ4v) is 4.31. The predicted octanol–water partition coefficient (Wildman–Crippen LogP) is 4.83. The van der Waals surface area contributed by atoms with Crippen molar-refractivity contribution in [1.29, 1.82) is 5.26 Å². The fourth-order valence-electron chi connectivity index (χ4n) is 3.26. The van der Waals surface area contributed by atoms with Crippen LogP contribution in [0.15, 0.2) is 65.6 Å². The van der Waals surface area contributed by atoms with Crippen molar-refractivity contribution in [2.75, 3.05) is 25.0 Å². The second-order valence-corrected chi connectivity index (χ2v) is 10.4. The highest BCUT2D eigenvalue weighted by Crippen LogP contribution is 2.43. The Hall–Kier alpha value is -3.74. The molecule has 0 bridgehead atoms. The maximum Gasteiger partial charge on any atom is 0.262 e. The number of para-hydroxylation sites is 2. The lowest BCUT2D eigenvalue weighted by atomic mass is 9.87. The normalized spacial score (nSPS) is 11.4. The molecule has 3 aromatic rings. The second kappa shape index (κ2) is 10.7. The first-order chi connectivity index (χ1) is 16.6. The van der Waals surface area contributed by atoms with Crippen molar-refractivity contribution in [3.8, 4) is 29.1 Å². The molecule has 0 saturated carbocycles. The van der Waals surface area contributed by atoms with Crippen LogP contribution in [0.3, 0.4) is 0 Å². The number of aliphatic hydroxyl groups is 1. The Kier molecular flexibility index (Phi) is 7.89. The number of hydrogen-bond acceptors (Lipinski definition) is 7. The number of methoxy groups -OCH3 is 1. The van der Waals surface area contributed by atoms with Gasteiger partial charge in [0.25, 0.3) is 10.0 Å². The van der Waals surface area contributed by atoms with E-state index in [0.29, 0.717) is 11.5 Å². The Morgan fingerprint density at radius 2 is 1.66 bits per heavy atom. The Labute approximate surface area is 205 Å². The van der Waals surface area contributed by atoms with E-state index < -0.39 is 10.0 Å². The molecule has 3 aromatic carbocycles. The standard InChI is InChI=1S/C26H28N2O6S/c1-26(2,3)19-9-11-20(12-10-19)35(30,31)28-21-15-18(17-27)16-24(33-14-13-29)25(21)34-23-8-6-5-7-22(23)32-4/h5-12,15-16,28-29H,13-14H2,1-4H3. The maximum atomic E-state index is 13.3. The minimum atomic E-state index is -4.04. The van der Waals surface area contributed by atoms with Gasteiger partial charge in [0.2, 0.25) is 0 Å². The molecule has 0 aromatic heterocycles. The van der Waals surface area contributed by atoms with Crippen LogP contribution in [-0.2, 0) is 15.4 Å². The monoisotopic (exact) mass is 496 g/mol. The summed E-state index contributed by atoms with van der Waals surface area (Å²) >= 11 is 0. The molecule has 0 atom stereocenters. The summed E-state index contributed by atoms with van der Waals surface area (Å²) in [6.07, 6.45) is 0. The number of hydrogen-bond donors (Lipinski definition) is 2. The van der Waals surface area contributed by atoms with Gasteiger partial charge in [0.15, 0.2) is 23.0 Å². The van der Waals surface area contributed by atoms with E-state index in [2.05, 4.69) is 4.72 Å². The van der Waals surface area contributed by atoms with Crippen LogP contribution in [0.1, 0.15) is 31.9 Å². The van der Waals surface area contributed by atoms with E-state index in [-0.39, 0.29) is 46.3 Å². The number of nitrogens with one attached hydrogen (secondary N) is 1. The number of rotatable bonds is 9. The zero-order valence-electron chi connectivity index (χ0n) is 20.0. The summed E-state index contributed by atoms with van der Waals surface area (Å²) in [6.45, 7) is 5.75. The summed E-state index contributed by atoms with van der Waals surface area (Å²) in [5, 5.41) is 18.7. The van der Waals surface area contributed by atoms with E-state index >= 15 is 0 Å². The van der Waals surface area contributed by atoms with Crippen molar-refractivity contribution in [2.45, 2.75) is 31.1 Å². The number of ether oxygens (including phenoxy) is 3. The third kappa shape index (κ3) is 6.23. The van der Waals surface area contributed by atoms with Crippen LogP contribution >= 0.6 is 0 Å². The van der Waals surface area contributed by atoms with E-state index in [9.17, 15) is 18.8 Å². The van der Waals surface area contributed by atoms with Gasteiger partial charge in [-0.3, -0.25) is 4.72 Å². The van der Waals surface area contributed by atoms with Crippen LogP contribution in [0.4, 0.5) is 5.69 Å². The summed E-state index contributed by atoms with van der Waals surface area (Å²) in [5.41, 5.74) is 1.00. The number of nitriles is 1. The van der Waals surface area contributed by atoms with Gasteiger partial charge in [-0.15, -0.1) is 0 Å². The van der Waals surface area contributed by atoms with Crippen molar-refractivity contribution in [1.82, 2.24) is 0 Å². The SMILES string of the molecule is COc1ccccc1Oc1c(NS(=O)(=O)c2ccc(C(C)(C)C)cc2)cc(C#N)cc1OCCO. The van der Waals surface area contributed by atoms with Crippen molar-refractivity contribution in [2.24, 2.45) is 0 Å². The Morgan fingerprint density at radius 3 is 2.23 bits per heavy atom. The molecule has 0 aliphatic rings. The smallest absolute Gasteiger partial charge is 0.262 e. The van der Waals surface area contributed by atoms with Crippen LogP contribution < -0.4 is 18.9 Å². The van der Waals surface area contributed by atoms with Crippen LogP contribution in [0.25, 0.3) is 0 Å². The molecule has 8 nitrogen and oxygen atoms in total. The highest BCUT2D eigenvalue weighted by molar-refractivity contribution is 7.92. The van der Waals surface area contributed by atoms with E-state index in [1.165, 1.54) is 31.4 Å². The summed E-state index contributed by atoms with van der Waals surface area (Å²) in [4.78, 5) is 0.0499. The van der Waals surface area contributed by atoms with Crippen molar-refractivity contribution >= 4 is 15.7 Å². The zero-order valence-corrected chi connectivity index (χ0v) is 20.8. The molecular formula is C26H28N2O6S. The molecule has 3 rings (SSSR count). The molecule has 35 heavy (non-hydrogen) atoms. The third-order valence-corrected chi connectivity index (χ3v) is 6.47. The summed E-state index contributed by atoms with van der Waals surface area (Å²) in [5.74, 6) is 0.835. The molecule has 2 N–H and O–H groups in total. The topological polar surface area (TPSA) is 118 Å². The van der Waals surface area contributed by atoms with Gasteiger partial charge in [0.1, 0.15) is 6.61 Å². The van der Waals surface area contributed by atoms with E-state index in [0.717, 1.165) is 5.56 Å². The second-order valence-electron chi connectivity index (χ2n) is 8.67. The molecule has 0 spiro atoms. The first kappa shape index (κ1) is 25.9. The Bertz CT molecular complexity index is 1320. The van der Waals surface area contributed by atoms with Gasteiger partial charge in [-0.2, -0.15) is 5.26 Å². The van der Waals surface area contributed by atoms with Gasteiger partial charge >= 0.3 is 0 Å². The zero-order chi connectivity index (χ0) is 25.6. The van der Waals surface area contributed by atoms with E-state index in [1.807, 2.05) is 26.8 Å². The Balaban J connectivity index is 2.09. The lowest BCUT2D eigenvalue weighted by Crippen LogP contribution is -2.16. The fraction of sp³-hybridized carbons (Fsp3) is 0.269. The van der Waals surface area contributed by atoms with Gasteiger partial charge < -0.3 is 19.3 Å². The third-order valence-electron chi connectivity index (χ3n) is 5.09. The molecule has 0 aliphatic carbocycles. The number of nitrogens with zero attached hydrogens (tertiary/aromatic N) is 1. The van der Waals surface area contributed by atoms with E-state index in [4.69, 9.17) is 14.2 Å². The molecule has 0 saturated heterocycles. The lowest BCUT2D eigenvalue weighted by molar-refractivity contribution is 0.197. The maximum absolute atomic E-state index is 13.3. The molecule has 0 radical (unpaired) electrons. The molecule has 0 aliphatic heterocycles. The number of sulfonamides is 1. The van der Waals surface area contributed by atoms with Crippen LogP contribution in [0.2, 0.25) is 0 Å². The first-order valence-corrected chi connectivity index (χ1v) is 12.3. The highest BCUT2D eigenvalue weighted by Gasteiger charge is 2.23. The quantitative estimate of drug-likeness (QED) is 0.436. The minimum absolute atomic E-state index is 0.00259. The average molecular weight is 497 g/mol. The molecular weight excluding hydrogens is 468 g/mol. The average Bonchev–Trinajstić information content (AvgIpc) is 2.83. The largest absolute Gasteiger partial charge is 0.493 e. The Morgan fingerprint density at radius 1 is 1.00 bits per heavy atom. The van der Waals surface area contributed by atoms with Crippen molar-refractivity contribution in [3.05, 3.63) is 71.8 Å². The van der Waals surface area contributed by atoms with Crippen molar-refractivity contribution < 1.29 is 27.7 Å². The number of anilines is 1. The number of benzene rings is 3. The molecule has 0 unspecified atom stereocenters. The first-order valence-electron chi connectivity index (χ1n) is 10.8. The van der Waals surface area contributed by atoms with Crippen molar-refractivity contribution in [3.63, 3.8) is 0 Å². The lowest BCUT2D eigenvalue weighted by Gasteiger charge is -2.20. The number of aliphatic hydroxyl groups excluding tert-OH is 1. The predicted molar refractivity (Wildman–Crippen MR) is 133 cm³/mol. The van der Waals surface area contributed by atoms with Crippen LogP contribution in [0, 0.1) is 11.3 Å². The summed E-state index contributed by atoms with van der Waals surface area (Å²) < 4.78 is 46.0. The van der Waals surface area contributed by atoms with Gasteiger partial charge in [-0.05, 0) is 41.3 Å². The molecule has 0 heterocycles. The highest BCUT2D eigenvalue weighted by atomic mass is 32.2. The van der Waals surface area contributed by atoms with E-state index in [1.54, 1.807) is 36.4 Å². The molecule has 0 amide bonds. The van der Waals surface area contributed by atoms with Crippen LogP contribution in [0.5, 0.6) is 23.0 Å². The van der Waals surface area contributed by atoms with Gasteiger partial charge in [0, 0.05) is 6.07 Å². The summed E-state index contributed by atoms with van der Waals surface area (Å²) in [6, 6.07) is 18.2. The van der Waals surface area contributed by atoms with Gasteiger partial charge in [-0.25, -0.2) is 8.42 Å². The summed E-state index contributed by atoms with van der Waals surface area (Å²) in [7, 11) is -2.56. The van der Waals surface area contributed by atoms with Gasteiger partial charge in [-0.1, -0.05) is 45.0 Å².